The van der Waals surface area contributed by atoms with Crippen LogP contribution in [0.1, 0.15) is 30.5 Å². The number of nitrogens with zero attached hydrogens (tertiary/aromatic N) is 1. The van der Waals surface area contributed by atoms with Gasteiger partial charge in [0.05, 0.1) is 5.25 Å². The molecule has 1 heterocycles. The molecule has 2 N–H and O–H groups in total. The third-order valence-corrected chi connectivity index (χ3v) is 6.82. The molecule has 0 aromatic heterocycles. The fourth-order valence-electron chi connectivity index (χ4n) is 3.96. The molecule has 0 fully saturated rings. The van der Waals surface area contributed by atoms with E-state index in [9.17, 15) is 9.59 Å². The van der Waals surface area contributed by atoms with E-state index >= 15 is 0 Å². The molecule has 0 spiro atoms. The predicted octanol–water partition coefficient (Wildman–Crippen LogP) is 5.00. The average molecular weight is 460 g/mol. The van der Waals surface area contributed by atoms with E-state index in [2.05, 4.69) is 64.1 Å². The minimum Gasteiger partial charge on any atom is -0.367 e. The van der Waals surface area contributed by atoms with Crippen molar-refractivity contribution < 1.29 is 9.59 Å². The zero-order valence-corrected chi connectivity index (χ0v) is 19.8. The fourth-order valence-corrected chi connectivity index (χ4v) is 4.86. The van der Waals surface area contributed by atoms with Crippen molar-refractivity contribution in [2.24, 2.45) is 0 Å². The van der Waals surface area contributed by atoms with Crippen LogP contribution in [0.4, 0.5) is 11.4 Å². The van der Waals surface area contributed by atoms with Crippen molar-refractivity contribution in [2.45, 2.75) is 43.5 Å². The molecular weight excluding hydrogens is 430 g/mol. The van der Waals surface area contributed by atoms with Crippen LogP contribution in [0.5, 0.6) is 0 Å². The lowest BCUT2D eigenvalue weighted by atomic mass is 10.1. The zero-order chi connectivity index (χ0) is 23.2. The number of para-hydroxylation sites is 1. The fraction of sp³-hybridized carbons (Fsp3) is 0.259. The molecule has 2 amide bonds. The van der Waals surface area contributed by atoms with E-state index in [0.717, 1.165) is 35.7 Å². The van der Waals surface area contributed by atoms with Crippen LogP contribution in [0.15, 0.2) is 77.7 Å². The first kappa shape index (κ1) is 22.9. The molecule has 0 aliphatic carbocycles. The Morgan fingerprint density at radius 3 is 2.39 bits per heavy atom. The van der Waals surface area contributed by atoms with Gasteiger partial charge in [0.15, 0.2) is 0 Å². The van der Waals surface area contributed by atoms with Crippen LogP contribution in [0, 0.1) is 0 Å². The zero-order valence-electron chi connectivity index (χ0n) is 19.0. The molecule has 0 bridgehead atoms. The summed E-state index contributed by atoms with van der Waals surface area (Å²) in [5.41, 5.74) is 5.87. The maximum atomic E-state index is 12.6. The first-order valence-electron chi connectivity index (χ1n) is 11.2. The maximum Gasteiger partial charge on any atom is 0.233 e. The summed E-state index contributed by atoms with van der Waals surface area (Å²) in [5, 5.41) is 5.56. The quantitative estimate of drug-likeness (QED) is 0.465. The third-order valence-electron chi connectivity index (χ3n) is 5.70. The van der Waals surface area contributed by atoms with Crippen molar-refractivity contribution in [1.82, 2.24) is 5.32 Å². The SMILES string of the molecule is CC(=O)Nc1ccc(SC(C)C(=O)NCc2ccc(CN3CCc4ccccc43)cc2)cc1. The van der Waals surface area contributed by atoms with Gasteiger partial charge in [0, 0.05) is 42.8 Å². The number of rotatable bonds is 8. The molecule has 0 saturated carbocycles. The Bertz CT molecular complexity index is 1110. The molecule has 1 unspecified atom stereocenters. The van der Waals surface area contributed by atoms with Crippen LogP contribution in [0.3, 0.4) is 0 Å². The van der Waals surface area contributed by atoms with Crippen molar-refractivity contribution in [1.29, 1.82) is 0 Å². The smallest absolute Gasteiger partial charge is 0.233 e. The molecule has 6 heteroatoms. The van der Waals surface area contributed by atoms with Gasteiger partial charge in [0.25, 0.3) is 0 Å². The van der Waals surface area contributed by atoms with Gasteiger partial charge in [0.2, 0.25) is 11.8 Å². The first-order chi connectivity index (χ1) is 16.0. The number of nitrogens with one attached hydrogen (secondary N) is 2. The molecular formula is C27H29N3O2S. The number of carbonyl (C=O) groups is 2. The number of anilines is 2. The van der Waals surface area contributed by atoms with Crippen LogP contribution in [-0.2, 0) is 29.1 Å². The topological polar surface area (TPSA) is 61.4 Å². The highest BCUT2D eigenvalue weighted by molar-refractivity contribution is 8.00. The average Bonchev–Trinajstić information content (AvgIpc) is 3.22. The molecule has 4 rings (SSSR count). The summed E-state index contributed by atoms with van der Waals surface area (Å²) >= 11 is 1.50. The standard InChI is InChI=1S/C27H29N3O2S/c1-19(33-25-13-11-24(12-14-25)29-20(2)31)27(32)28-17-21-7-9-22(10-8-21)18-30-16-15-23-5-3-4-6-26(23)30/h3-14,19H,15-18H2,1-2H3,(H,28,32)(H,29,31). The second kappa shape index (κ2) is 10.6. The summed E-state index contributed by atoms with van der Waals surface area (Å²) in [5.74, 6) is -0.0961. The summed E-state index contributed by atoms with van der Waals surface area (Å²) in [6.07, 6.45) is 1.11. The predicted molar refractivity (Wildman–Crippen MR) is 136 cm³/mol. The van der Waals surface area contributed by atoms with Crippen molar-refractivity contribution >= 4 is 35.0 Å². The van der Waals surface area contributed by atoms with Crippen LogP contribution >= 0.6 is 11.8 Å². The molecule has 1 aliphatic heterocycles. The van der Waals surface area contributed by atoms with Gasteiger partial charge < -0.3 is 15.5 Å². The molecule has 1 atom stereocenters. The lowest BCUT2D eigenvalue weighted by Gasteiger charge is -2.19. The van der Waals surface area contributed by atoms with Crippen molar-refractivity contribution in [3.05, 3.63) is 89.5 Å². The molecule has 5 nitrogen and oxygen atoms in total. The Morgan fingerprint density at radius 2 is 1.67 bits per heavy atom. The second-order valence-electron chi connectivity index (χ2n) is 8.30. The summed E-state index contributed by atoms with van der Waals surface area (Å²) in [6.45, 7) is 5.85. The van der Waals surface area contributed by atoms with Gasteiger partial charge in [-0.3, -0.25) is 9.59 Å². The minimum absolute atomic E-state index is 0.00341. The van der Waals surface area contributed by atoms with E-state index in [-0.39, 0.29) is 17.1 Å². The number of hydrogen-bond acceptors (Lipinski definition) is 4. The summed E-state index contributed by atoms with van der Waals surface area (Å²) in [4.78, 5) is 27.1. The van der Waals surface area contributed by atoms with Gasteiger partial charge in [0.1, 0.15) is 0 Å². The molecule has 170 valence electrons. The maximum absolute atomic E-state index is 12.6. The monoisotopic (exact) mass is 459 g/mol. The normalized spacial score (nSPS) is 13.3. The lowest BCUT2D eigenvalue weighted by molar-refractivity contribution is -0.120. The summed E-state index contributed by atoms with van der Waals surface area (Å²) < 4.78 is 0. The Kier molecular flexibility index (Phi) is 7.35. The van der Waals surface area contributed by atoms with Crippen molar-refractivity contribution in [2.75, 3.05) is 16.8 Å². The van der Waals surface area contributed by atoms with E-state index in [1.807, 2.05) is 31.2 Å². The highest BCUT2D eigenvalue weighted by atomic mass is 32.2. The molecule has 3 aromatic carbocycles. The first-order valence-corrected chi connectivity index (χ1v) is 12.1. The largest absolute Gasteiger partial charge is 0.367 e. The molecule has 1 aliphatic rings. The molecule has 3 aromatic rings. The van der Waals surface area contributed by atoms with Gasteiger partial charge >= 0.3 is 0 Å². The van der Waals surface area contributed by atoms with Crippen LogP contribution in [0.2, 0.25) is 0 Å². The molecule has 33 heavy (non-hydrogen) atoms. The highest BCUT2D eigenvalue weighted by Gasteiger charge is 2.18. The number of thioether (sulfide) groups is 1. The Morgan fingerprint density at radius 1 is 0.970 bits per heavy atom. The van der Waals surface area contributed by atoms with Gasteiger partial charge in [-0.15, -0.1) is 11.8 Å². The van der Waals surface area contributed by atoms with E-state index in [4.69, 9.17) is 0 Å². The van der Waals surface area contributed by atoms with E-state index in [1.165, 1.54) is 35.5 Å². The minimum atomic E-state index is -0.217. The highest BCUT2D eigenvalue weighted by Crippen LogP contribution is 2.29. The van der Waals surface area contributed by atoms with E-state index in [0.29, 0.717) is 6.54 Å². The molecule has 0 radical (unpaired) electrons. The van der Waals surface area contributed by atoms with Crippen LogP contribution < -0.4 is 15.5 Å². The number of fused-ring (bicyclic) bond motifs is 1. The van der Waals surface area contributed by atoms with Crippen molar-refractivity contribution in [3.8, 4) is 0 Å². The molecule has 0 saturated heterocycles. The summed E-state index contributed by atoms with van der Waals surface area (Å²) in [7, 11) is 0. The Hall–Kier alpha value is -3.25. The third kappa shape index (κ3) is 6.17. The van der Waals surface area contributed by atoms with Gasteiger partial charge in [-0.1, -0.05) is 42.5 Å². The Labute approximate surface area is 199 Å². The Balaban J connectivity index is 1.25. The van der Waals surface area contributed by atoms with Crippen molar-refractivity contribution in [3.63, 3.8) is 0 Å². The van der Waals surface area contributed by atoms with Gasteiger partial charge in [-0.05, 0) is 60.4 Å². The van der Waals surface area contributed by atoms with Gasteiger partial charge in [-0.2, -0.15) is 0 Å². The number of carbonyl (C=O) groups excluding carboxylic acids is 2. The number of hydrogen-bond donors (Lipinski definition) is 2. The van der Waals surface area contributed by atoms with E-state index in [1.54, 1.807) is 0 Å². The number of benzene rings is 3. The number of amides is 2. The lowest BCUT2D eigenvalue weighted by Crippen LogP contribution is -2.30. The summed E-state index contributed by atoms with van der Waals surface area (Å²) in [6, 6.07) is 24.6. The van der Waals surface area contributed by atoms with Gasteiger partial charge in [-0.25, -0.2) is 0 Å². The second-order valence-corrected chi connectivity index (χ2v) is 9.71. The van der Waals surface area contributed by atoms with E-state index < -0.39 is 0 Å². The van der Waals surface area contributed by atoms with Crippen LogP contribution in [0.25, 0.3) is 0 Å². The van der Waals surface area contributed by atoms with Crippen LogP contribution in [-0.4, -0.2) is 23.6 Å².